The van der Waals surface area contributed by atoms with E-state index >= 15 is 0 Å². The molecule has 0 radical (unpaired) electrons. The van der Waals surface area contributed by atoms with Gasteiger partial charge in [0.15, 0.2) is 0 Å². The number of amides is 1. The molecule has 20 heavy (non-hydrogen) atoms. The van der Waals surface area contributed by atoms with Crippen LogP contribution < -0.4 is 5.32 Å². The van der Waals surface area contributed by atoms with Crippen molar-refractivity contribution in [1.29, 1.82) is 0 Å². The van der Waals surface area contributed by atoms with Gasteiger partial charge >= 0.3 is 19.5 Å². The summed E-state index contributed by atoms with van der Waals surface area (Å²) in [5.41, 5.74) is -1.57. The summed E-state index contributed by atoms with van der Waals surface area (Å²) < 4.78 is 10.6. The maximum absolute atomic E-state index is 11.3. The van der Waals surface area contributed by atoms with Crippen LogP contribution in [-0.2, 0) is 9.36 Å². The highest BCUT2D eigenvalue weighted by atomic mass is 31.2. The van der Waals surface area contributed by atoms with Crippen LogP contribution in [0.15, 0.2) is 18.2 Å². The van der Waals surface area contributed by atoms with Crippen LogP contribution in [-0.4, -0.2) is 44.0 Å². The summed E-state index contributed by atoms with van der Waals surface area (Å²) in [4.78, 5) is 50.5. The van der Waals surface area contributed by atoms with Gasteiger partial charge in [0.2, 0.25) is 5.91 Å². The number of carbonyl (C=O) groups is 3. The Morgan fingerprint density at radius 1 is 1.10 bits per heavy atom. The molecule has 0 aromatic heterocycles. The van der Waals surface area contributed by atoms with E-state index in [1.54, 1.807) is 0 Å². The molecular formula is C10H10NO8P. The van der Waals surface area contributed by atoms with E-state index < -0.39 is 42.7 Å². The van der Waals surface area contributed by atoms with Crippen molar-refractivity contribution in [3.05, 3.63) is 29.3 Å². The summed E-state index contributed by atoms with van der Waals surface area (Å²) in [6, 6.07) is 3.35. The summed E-state index contributed by atoms with van der Waals surface area (Å²) in [6.45, 7) is 0. The highest BCUT2D eigenvalue weighted by Crippen LogP contribution is 2.34. The highest BCUT2D eigenvalue weighted by Gasteiger charge is 2.24. The third-order valence-electron chi connectivity index (χ3n) is 2.13. The van der Waals surface area contributed by atoms with Crippen molar-refractivity contribution >= 4 is 31.1 Å². The fourth-order valence-corrected chi connectivity index (χ4v) is 1.90. The van der Waals surface area contributed by atoms with Crippen LogP contribution >= 0.6 is 7.60 Å². The molecule has 0 aliphatic heterocycles. The van der Waals surface area contributed by atoms with E-state index in [4.69, 9.17) is 20.0 Å². The van der Waals surface area contributed by atoms with E-state index in [0.29, 0.717) is 0 Å². The van der Waals surface area contributed by atoms with Gasteiger partial charge in [-0.05, 0) is 12.1 Å². The second kappa shape index (κ2) is 5.83. The lowest BCUT2D eigenvalue weighted by Gasteiger charge is -2.11. The van der Waals surface area contributed by atoms with Crippen molar-refractivity contribution in [3.8, 4) is 0 Å². The molecule has 0 atom stereocenters. The Hall–Kier alpha value is -2.22. The zero-order valence-electron chi connectivity index (χ0n) is 9.81. The average molecular weight is 303 g/mol. The molecule has 9 nitrogen and oxygen atoms in total. The monoisotopic (exact) mass is 303 g/mol. The largest absolute Gasteiger partial charge is 0.478 e. The number of rotatable bonds is 5. The van der Waals surface area contributed by atoms with Crippen LogP contribution in [0.25, 0.3) is 0 Å². The molecule has 0 saturated heterocycles. The number of hydrogen-bond donors (Lipinski definition) is 5. The van der Waals surface area contributed by atoms with Gasteiger partial charge in [-0.1, -0.05) is 6.07 Å². The number of anilines is 1. The van der Waals surface area contributed by atoms with Crippen LogP contribution in [0.1, 0.15) is 20.7 Å². The molecule has 1 aromatic rings. The van der Waals surface area contributed by atoms with Crippen molar-refractivity contribution in [2.45, 2.75) is 0 Å². The Bertz CT molecular complexity index is 620. The molecule has 0 saturated carbocycles. The van der Waals surface area contributed by atoms with Gasteiger partial charge in [-0.15, -0.1) is 0 Å². The number of hydrogen-bond acceptors (Lipinski definition) is 4. The summed E-state index contributed by atoms with van der Waals surface area (Å²) >= 11 is 0. The molecule has 0 bridgehead atoms. The number of carboxylic acids is 2. The first-order valence-electron chi connectivity index (χ1n) is 5.06. The minimum absolute atomic E-state index is 0.351. The van der Waals surface area contributed by atoms with Gasteiger partial charge < -0.3 is 25.3 Å². The minimum Gasteiger partial charge on any atom is -0.478 e. The zero-order valence-corrected chi connectivity index (χ0v) is 10.7. The Labute approximate surface area is 112 Å². The molecular weight excluding hydrogens is 293 g/mol. The quantitative estimate of drug-likeness (QED) is 0.482. The van der Waals surface area contributed by atoms with Crippen LogP contribution in [0.5, 0.6) is 0 Å². The second-order valence-electron chi connectivity index (χ2n) is 3.71. The molecule has 0 heterocycles. The number of carboxylic acid groups (broad SMARTS) is 2. The average Bonchev–Trinajstić information content (AvgIpc) is 2.25. The topological polar surface area (TPSA) is 161 Å². The smallest absolute Gasteiger partial charge is 0.338 e. The van der Waals surface area contributed by atoms with Crippen molar-refractivity contribution in [2.75, 3.05) is 11.5 Å². The van der Waals surface area contributed by atoms with E-state index in [1.165, 1.54) is 6.07 Å². The van der Waals surface area contributed by atoms with E-state index in [9.17, 15) is 18.9 Å². The zero-order chi connectivity index (χ0) is 15.5. The fraction of sp³-hybridized carbons (Fsp3) is 0.100. The molecule has 0 unspecified atom stereocenters. The lowest BCUT2D eigenvalue weighted by atomic mass is 10.1. The van der Waals surface area contributed by atoms with Gasteiger partial charge in [-0.2, -0.15) is 0 Å². The number of aromatic carboxylic acids is 2. The lowest BCUT2D eigenvalue weighted by molar-refractivity contribution is -0.114. The van der Waals surface area contributed by atoms with Gasteiger partial charge in [0.1, 0.15) is 6.16 Å². The van der Waals surface area contributed by atoms with E-state index in [0.717, 1.165) is 12.1 Å². The van der Waals surface area contributed by atoms with E-state index in [2.05, 4.69) is 0 Å². The Morgan fingerprint density at radius 3 is 2.15 bits per heavy atom. The Morgan fingerprint density at radius 2 is 1.70 bits per heavy atom. The van der Waals surface area contributed by atoms with E-state index in [1.807, 2.05) is 5.32 Å². The summed E-state index contributed by atoms with van der Waals surface area (Å²) in [7, 11) is -4.60. The normalized spacial score (nSPS) is 10.9. The molecule has 5 N–H and O–H groups in total. The first-order chi connectivity index (χ1) is 9.11. The number of nitrogens with one attached hydrogen (secondary N) is 1. The maximum Gasteiger partial charge on any atom is 0.338 e. The molecule has 1 aromatic carbocycles. The molecule has 0 aliphatic carbocycles. The van der Waals surface area contributed by atoms with Gasteiger partial charge in [0, 0.05) is 0 Å². The number of carbonyl (C=O) groups excluding carboxylic acids is 1. The van der Waals surface area contributed by atoms with Crippen molar-refractivity contribution in [3.63, 3.8) is 0 Å². The summed E-state index contributed by atoms with van der Waals surface area (Å²) in [5, 5.41) is 19.8. The highest BCUT2D eigenvalue weighted by molar-refractivity contribution is 7.52. The fourth-order valence-electron chi connectivity index (χ4n) is 1.44. The molecule has 1 amide bonds. The van der Waals surface area contributed by atoms with Crippen molar-refractivity contribution in [1.82, 2.24) is 0 Å². The molecule has 10 heteroatoms. The van der Waals surface area contributed by atoms with E-state index in [-0.39, 0.29) is 5.69 Å². The third kappa shape index (κ3) is 4.16. The molecule has 0 spiro atoms. The van der Waals surface area contributed by atoms with Crippen LogP contribution in [0, 0.1) is 0 Å². The standard InChI is InChI=1S/C10H10NO8P/c12-7(4-20(17,18)19)11-6-3-1-2-5(9(13)14)8(6)10(15)16/h1-3H,4H2,(H,11,12)(H,13,14)(H,15,16)(H2,17,18,19). The lowest BCUT2D eigenvalue weighted by Crippen LogP contribution is -2.20. The summed E-state index contributed by atoms with van der Waals surface area (Å²) in [5.74, 6) is -4.22. The van der Waals surface area contributed by atoms with Crippen molar-refractivity contribution in [2.24, 2.45) is 0 Å². The Kier molecular flexibility index (Phi) is 4.61. The van der Waals surface area contributed by atoms with Crippen LogP contribution in [0.3, 0.4) is 0 Å². The molecule has 0 fully saturated rings. The number of benzene rings is 1. The molecule has 108 valence electrons. The predicted octanol–water partition coefficient (Wildman–Crippen LogP) is 0.199. The van der Waals surface area contributed by atoms with Gasteiger partial charge in [0.25, 0.3) is 0 Å². The van der Waals surface area contributed by atoms with Gasteiger partial charge in [0.05, 0.1) is 16.8 Å². The predicted molar refractivity (Wildman–Crippen MR) is 65.9 cm³/mol. The first kappa shape index (κ1) is 15.8. The maximum atomic E-state index is 11.3. The SMILES string of the molecule is O=C(CP(=O)(O)O)Nc1cccc(C(=O)O)c1C(=O)O. The third-order valence-corrected chi connectivity index (χ3v) is 2.83. The summed E-state index contributed by atoms with van der Waals surface area (Å²) in [6.07, 6.45) is -1.14. The molecule has 1 rings (SSSR count). The van der Waals surface area contributed by atoms with Gasteiger partial charge in [-0.3, -0.25) is 9.36 Å². The van der Waals surface area contributed by atoms with Crippen molar-refractivity contribution < 1.29 is 38.9 Å². The van der Waals surface area contributed by atoms with Crippen LogP contribution in [0.2, 0.25) is 0 Å². The second-order valence-corrected chi connectivity index (χ2v) is 5.36. The molecule has 0 aliphatic rings. The Balaban J connectivity index is 3.16. The first-order valence-corrected chi connectivity index (χ1v) is 6.85. The van der Waals surface area contributed by atoms with Crippen LogP contribution in [0.4, 0.5) is 5.69 Å². The minimum atomic E-state index is -4.60. The van der Waals surface area contributed by atoms with Gasteiger partial charge in [-0.25, -0.2) is 9.59 Å².